The Morgan fingerprint density at radius 3 is 2.52 bits per heavy atom. The maximum Gasteiger partial charge on any atom is 0.408 e. The second-order valence-electron chi connectivity index (χ2n) is 12.1. The van der Waals surface area contributed by atoms with Crippen molar-refractivity contribution in [3.63, 3.8) is 0 Å². The molecule has 13 heteroatoms. The first-order valence-corrected chi connectivity index (χ1v) is 14.2. The van der Waals surface area contributed by atoms with E-state index < -0.39 is 58.1 Å². The van der Waals surface area contributed by atoms with E-state index in [-0.39, 0.29) is 31.0 Å². The van der Waals surface area contributed by atoms with Crippen LogP contribution in [-0.4, -0.2) is 74.7 Å². The number of nitro groups is 1. The van der Waals surface area contributed by atoms with Crippen molar-refractivity contribution in [3.05, 3.63) is 46.5 Å². The summed E-state index contributed by atoms with van der Waals surface area (Å²) in [6, 6.07) is 3.41. The maximum absolute atomic E-state index is 14.0. The number of nitro benzene ring substituents is 1. The van der Waals surface area contributed by atoms with E-state index in [0.29, 0.717) is 18.6 Å². The Morgan fingerprint density at radius 1 is 1.17 bits per heavy atom. The first-order valence-electron chi connectivity index (χ1n) is 14.2. The molecule has 2 aliphatic heterocycles. The zero-order valence-corrected chi connectivity index (χ0v) is 24.0. The number of fused-ring (bicyclic) bond motifs is 2. The van der Waals surface area contributed by atoms with Crippen LogP contribution < -0.4 is 15.4 Å². The SMILES string of the molecule is CC(C)(C)OC(=O)N[C@H]1CCCCC/C=C\[C@@H]2C[C@@]2(C(=O)O)NC(=O)[C@@H]2C[C@@H](Oc3ccc([N+](=O)[O-])cc3)CN2C1=O. The van der Waals surface area contributed by atoms with Crippen LogP contribution in [-0.2, 0) is 19.1 Å². The molecule has 4 rings (SSSR count). The van der Waals surface area contributed by atoms with E-state index in [1.54, 1.807) is 20.8 Å². The van der Waals surface area contributed by atoms with Crippen molar-refractivity contribution in [2.24, 2.45) is 5.92 Å². The van der Waals surface area contributed by atoms with Gasteiger partial charge in [0.25, 0.3) is 5.69 Å². The molecular weight excluding hydrogens is 548 g/mol. The van der Waals surface area contributed by atoms with Gasteiger partial charge >= 0.3 is 12.1 Å². The van der Waals surface area contributed by atoms with E-state index in [1.807, 2.05) is 12.2 Å². The van der Waals surface area contributed by atoms with Crippen LogP contribution in [0.15, 0.2) is 36.4 Å². The Morgan fingerprint density at radius 2 is 1.88 bits per heavy atom. The minimum Gasteiger partial charge on any atom is -0.488 e. The molecule has 1 aliphatic carbocycles. The molecule has 228 valence electrons. The van der Waals surface area contributed by atoms with Crippen LogP contribution in [0.4, 0.5) is 10.5 Å². The van der Waals surface area contributed by atoms with E-state index in [2.05, 4.69) is 10.6 Å². The monoisotopic (exact) mass is 586 g/mol. The standard InChI is InChI=1S/C29H38N4O9/c1-28(2,3)42-27(38)30-22-10-8-6-4-5-7-9-18-16-29(18,26(36)37)31-24(34)23-15-21(17-32(23)25(22)35)41-20-13-11-19(12-14-20)33(39)40/h7,9,11-14,18,21-23H,4-6,8,10,15-17H2,1-3H3,(H,30,38)(H,31,34)(H,36,37)/b9-7-/t18-,21-,22+,23+,29-/m1/s1. The number of aliphatic carboxylic acids is 1. The molecule has 0 unspecified atom stereocenters. The molecule has 1 aromatic rings. The fraction of sp³-hybridized carbons (Fsp3) is 0.586. The van der Waals surface area contributed by atoms with Crippen molar-refractivity contribution >= 4 is 29.6 Å². The fourth-order valence-corrected chi connectivity index (χ4v) is 5.44. The molecule has 1 saturated heterocycles. The van der Waals surface area contributed by atoms with Crippen molar-refractivity contribution in [1.29, 1.82) is 0 Å². The number of hydrogen-bond donors (Lipinski definition) is 3. The molecule has 0 bridgehead atoms. The summed E-state index contributed by atoms with van der Waals surface area (Å²) in [5.41, 5.74) is -2.35. The lowest BCUT2D eigenvalue weighted by Gasteiger charge is -2.30. The number of ether oxygens (including phenoxy) is 2. The lowest BCUT2D eigenvalue weighted by Crippen LogP contribution is -2.56. The van der Waals surface area contributed by atoms with Gasteiger partial charge in [0.2, 0.25) is 11.8 Å². The molecule has 0 aromatic heterocycles. The van der Waals surface area contributed by atoms with Gasteiger partial charge in [-0.2, -0.15) is 0 Å². The highest BCUT2D eigenvalue weighted by atomic mass is 16.6. The number of amides is 3. The number of carbonyl (C=O) groups is 4. The summed E-state index contributed by atoms with van der Waals surface area (Å²) in [5.74, 6) is -2.31. The maximum atomic E-state index is 14.0. The first kappa shape index (κ1) is 30.8. The van der Waals surface area contributed by atoms with Gasteiger partial charge in [-0.15, -0.1) is 0 Å². The smallest absolute Gasteiger partial charge is 0.408 e. The fourth-order valence-electron chi connectivity index (χ4n) is 5.44. The molecule has 3 N–H and O–H groups in total. The van der Waals surface area contributed by atoms with Gasteiger partial charge in [0.15, 0.2) is 0 Å². The third-order valence-electron chi connectivity index (χ3n) is 7.66. The highest BCUT2D eigenvalue weighted by Gasteiger charge is 2.61. The van der Waals surface area contributed by atoms with Crippen LogP contribution in [0.5, 0.6) is 5.75 Å². The number of nitrogens with zero attached hydrogens (tertiary/aromatic N) is 2. The van der Waals surface area contributed by atoms with E-state index >= 15 is 0 Å². The lowest BCUT2D eigenvalue weighted by atomic mass is 10.0. The Balaban J connectivity index is 1.60. The summed E-state index contributed by atoms with van der Waals surface area (Å²) in [6.45, 7) is 5.12. The van der Waals surface area contributed by atoms with Crippen LogP contribution in [0.3, 0.4) is 0 Å². The molecule has 0 radical (unpaired) electrons. The summed E-state index contributed by atoms with van der Waals surface area (Å²) < 4.78 is 11.4. The number of non-ortho nitro benzene ring substituents is 1. The predicted molar refractivity (Wildman–Crippen MR) is 150 cm³/mol. The Hall–Kier alpha value is -4.16. The highest BCUT2D eigenvalue weighted by Crippen LogP contribution is 2.45. The van der Waals surface area contributed by atoms with Gasteiger partial charge in [-0.05, 0) is 58.6 Å². The Bertz CT molecular complexity index is 1240. The van der Waals surface area contributed by atoms with Crippen molar-refractivity contribution in [1.82, 2.24) is 15.5 Å². The molecule has 2 heterocycles. The van der Waals surface area contributed by atoms with Crippen molar-refractivity contribution < 1.29 is 38.7 Å². The molecule has 3 aliphatic rings. The van der Waals surface area contributed by atoms with E-state index in [1.165, 1.54) is 29.2 Å². The second kappa shape index (κ2) is 12.4. The minimum atomic E-state index is -1.45. The number of benzene rings is 1. The second-order valence-corrected chi connectivity index (χ2v) is 12.1. The summed E-state index contributed by atoms with van der Waals surface area (Å²) in [7, 11) is 0. The first-order chi connectivity index (χ1) is 19.8. The average Bonchev–Trinajstić information content (AvgIpc) is 3.44. The summed E-state index contributed by atoms with van der Waals surface area (Å²) in [6.07, 6.45) is 5.94. The molecule has 1 saturated carbocycles. The number of nitrogens with one attached hydrogen (secondary N) is 2. The molecule has 1 aromatic carbocycles. The Kier molecular flexibility index (Phi) is 9.07. The van der Waals surface area contributed by atoms with Crippen LogP contribution in [0.1, 0.15) is 65.7 Å². The molecular formula is C29H38N4O9. The molecule has 42 heavy (non-hydrogen) atoms. The number of allylic oxidation sites excluding steroid dienone is 1. The molecule has 3 amide bonds. The number of hydrogen-bond acceptors (Lipinski definition) is 8. The number of alkyl carbamates (subject to hydrolysis) is 1. The number of rotatable bonds is 5. The molecule has 5 atom stereocenters. The lowest BCUT2D eigenvalue weighted by molar-refractivity contribution is -0.384. The topological polar surface area (TPSA) is 177 Å². The quantitative estimate of drug-likeness (QED) is 0.265. The van der Waals surface area contributed by atoms with Gasteiger partial charge in [0.1, 0.15) is 35.1 Å². The normalized spacial score (nSPS) is 29.1. The predicted octanol–water partition coefficient (Wildman–Crippen LogP) is 3.32. The van der Waals surface area contributed by atoms with Gasteiger partial charge < -0.3 is 30.1 Å². The molecule has 0 spiro atoms. The van der Waals surface area contributed by atoms with Crippen LogP contribution >= 0.6 is 0 Å². The van der Waals surface area contributed by atoms with Crippen molar-refractivity contribution in [3.8, 4) is 5.75 Å². The van der Waals surface area contributed by atoms with Gasteiger partial charge in [-0.1, -0.05) is 25.0 Å². The van der Waals surface area contributed by atoms with Crippen molar-refractivity contribution in [2.45, 2.75) is 95.0 Å². The van der Waals surface area contributed by atoms with E-state index in [4.69, 9.17) is 9.47 Å². The summed E-state index contributed by atoms with van der Waals surface area (Å²) >= 11 is 0. The molecule has 13 nitrogen and oxygen atoms in total. The van der Waals surface area contributed by atoms with E-state index in [0.717, 1.165) is 19.3 Å². The zero-order chi connectivity index (χ0) is 30.7. The van der Waals surface area contributed by atoms with Crippen molar-refractivity contribution in [2.75, 3.05) is 6.54 Å². The van der Waals surface area contributed by atoms with Gasteiger partial charge in [0, 0.05) is 24.5 Å². The summed E-state index contributed by atoms with van der Waals surface area (Å²) in [4.78, 5) is 64.3. The third-order valence-corrected chi connectivity index (χ3v) is 7.66. The van der Waals surface area contributed by atoms with Gasteiger partial charge in [-0.25, -0.2) is 9.59 Å². The minimum absolute atomic E-state index is 0.0101. The zero-order valence-electron chi connectivity index (χ0n) is 24.0. The van der Waals surface area contributed by atoms with Gasteiger partial charge in [-0.3, -0.25) is 19.7 Å². The average molecular weight is 587 g/mol. The van der Waals surface area contributed by atoms with E-state index in [9.17, 15) is 34.4 Å². The highest BCUT2D eigenvalue weighted by molar-refractivity contribution is 5.96. The third kappa shape index (κ3) is 7.37. The number of carbonyl (C=O) groups excluding carboxylic acids is 3. The van der Waals surface area contributed by atoms with Gasteiger partial charge in [0.05, 0.1) is 11.5 Å². The number of carboxylic acid groups (broad SMARTS) is 1. The van der Waals surface area contributed by atoms with Crippen LogP contribution in [0.25, 0.3) is 0 Å². The van der Waals surface area contributed by atoms with Crippen LogP contribution in [0.2, 0.25) is 0 Å². The summed E-state index contributed by atoms with van der Waals surface area (Å²) in [5, 5.41) is 26.4. The van der Waals surface area contributed by atoms with Crippen LogP contribution in [0, 0.1) is 16.0 Å². The largest absolute Gasteiger partial charge is 0.488 e. The molecule has 2 fully saturated rings. The Labute approximate surface area is 243 Å². The number of carboxylic acids is 1.